The number of Topliss-reactive ketones (excluding diaryl/α,β-unsaturated/α-hetero) is 1. The molecule has 0 radical (unpaired) electrons. The summed E-state index contributed by atoms with van der Waals surface area (Å²) in [5.41, 5.74) is 0.446. The van der Waals surface area contributed by atoms with Crippen LogP contribution in [-0.2, 0) is 4.74 Å². The van der Waals surface area contributed by atoms with Crippen molar-refractivity contribution in [3.8, 4) is 0 Å². The Morgan fingerprint density at radius 3 is 2.95 bits per heavy atom. The Kier molecular flexibility index (Phi) is 3.84. The molecule has 0 aliphatic carbocycles. The maximum Gasteiger partial charge on any atom is 0.186 e. The monoisotopic (exact) mass is 278 g/mol. The van der Waals surface area contributed by atoms with Crippen LogP contribution in [0.2, 0.25) is 0 Å². The number of carbonyl (C=O) groups is 1. The highest BCUT2D eigenvalue weighted by Gasteiger charge is 2.41. The lowest BCUT2D eigenvalue weighted by Crippen LogP contribution is -2.44. The van der Waals surface area contributed by atoms with Crippen LogP contribution in [0, 0.1) is 5.92 Å². The van der Waals surface area contributed by atoms with E-state index < -0.39 is 0 Å². The molecule has 1 unspecified atom stereocenters. The van der Waals surface area contributed by atoms with Crippen LogP contribution in [0.3, 0.4) is 0 Å². The summed E-state index contributed by atoms with van der Waals surface area (Å²) < 4.78 is 6.02. The predicted molar refractivity (Wildman–Crippen MR) is 74.3 cm³/mol. The van der Waals surface area contributed by atoms with Crippen LogP contribution < -0.4 is 0 Å². The molecule has 102 valence electrons. The molecular weight excluding hydrogens is 260 g/mol. The van der Waals surface area contributed by atoms with Gasteiger partial charge in [-0.1, -0.05) is 0 Å². The Balaban J connectivity index is 1.73. The number of hydrogen-bond acceptors (Lipinski definition) is 5. The molecule has 2 saturated heterocycles. The van der Waals surface area contributed by atoms with E-state index in [4.69, 9.17) is 4.74 Å². The van der Waals surface area contributed by atoms with Gasteiger partial charge in [-0.3, -0.25) is 9.78 Å². The van der Waals surface area contributed by atoms with Crippen molar-refractivity contribution in [1.82, 2.24) is 9.97 Å². The van der Waals surface area contributed by atoms with Crippen LogP contribution in [-0.4, -0.2) is 39.5 Å². The number of nitrogens with zero attached hydrogens (tertiary/aromatic N) is 2. The van der Waals surface area contributed by atoms with Crippen LogP contribution in [0.4, 0.5) is 0 Å². The van der Waals surface area contributed by atoms with Gasteiger partial charge in [0.05, 0.1) is 11.8 Å². The Hall–Kier alpha value is -0.940. The minimum absolute atomic E-state index is 0.0496. The molecule has 3 rings (SSSR count). The van der Waals surface area contributed by atoms with Crippen molar-refractivity contribution >= 4 is 17.5 Å². The average molecular weight is 278 g/mol. The second kappa shape index (κ2) is 5.59. The number of aromatic nitrogens is 2. The standard InChI is InChI=1S/C14H18N2O2S/c17-13(12-10-15-4-5-16-12)11-1-6-18-14(9-11)2-7-19-8-3-14/h4-5,10-11H,1-3,6-9H2. The van der Waals surface area contributed by atoms with E-state index in [1.807, 2.05) is 11.8 Å². The van der Waals surface area contributed by atoms with Gasteiger partial charge in [-0.25, -0.2) is 4.98 Å². The van der Waals surface area contributed by atoms with Gasteiger partial charge in [0.1, 0.15) is 5.69 Å². The van der Waals surface area contributed by atoms with Crippen LogP contribution in [0.15, 0.2) is 18.6 Å². The van der Waals surface area contributed by atoms with Crippen molar-refractivity contribution in [3.05, 3.63) is 24.3 Å². The van der Waals surface area contributed by atoms with Gasteiger partial charge in [-0.05, 0) is 37.2 Å². The van der Waals surface area contributed by atoms with Gasteiger partial charge in [-0.15, -0.1) is 0 Å². The molecule has 2 aliphatic heterocycles. The lowest BCUT2D eigenvalue weighted by molar-refractivity contribution is -0.0960. The zero-order valence-corrected chi connectivity index (χ0v) is 11.7. The van der Waals surface area contributed by atoms with Crippen molar-refractivity contribution in [2.24, 2.45) is 5.92 Å². The van der Waals surface area contributed by atoms with Gasteiger partial charge in [0.2, 0.25) is 0 Å². The fourth-order valence-electron chi connectivity index (χ4n) is 2.98. The number of ether oxygens (including phenoxy) is 1. The maximum atomic E-state index is 12.5. The highest BCUT2D eigenvalue weighted by Crippen LogP contribution is 2.40. The summed E-state index contributed by atoms with van der Waals surface area (Å²) in [7, 11) is 0. The topological polar surface area (TPSA) is 52.1 Å². The van der Waals surface area contributed by atoms with Crippen molar-refractivity contribution in [2.45, 2.75) is 31.3 Å². The minimum atomic E-state index is -0.0496. The first-order valence-corrected chi connectivity index (χ1v) is 7.97. The molecule has 4 nitrogen and oxygen atoms in total. The molecule has 0 aromatic carbocycles. The number of hydrogen-bond donors (Lipinski definition) is 0. The second-order valence-corrected chi connectivity index (χ2v) is 6.51. The molecule has 2 fully saturated rings. The van der Waals surface area contributed by atoms with Gasteiger partial charge >= 0.3 is 0 Å². The zero-order valence-electron chi connectivity index (χ0n) is 10.9. The normalized spacial score (nSPS) is 26.2. The minimum Gasteiger partial charge on any atom is -0.375 e. The van der Waals surface area contributed by atoms with Gasteiger partial charge in [0, 0.05) is 24.9 Å². The molecule has 19 heavy (non-hydrogen) atoms. The van der Waals surface area contributed by atoms with E-state index in [0.717, 1.165) is 37.2 Å². The van der Waals surface area contributed by atoms with E-state index in [2.05, 4.69) is 9.97 Å². The largest absolute Gasteiger partial charge is 0.375 e. The Labute approximate surface area is 117 Å². The van der Waals surface area contributed by atoms with Crippen LogP contribution >= 0.6 is 11.8 Å². The fourth-order valence-corrected chi connectivity index (χ4v) is 4.22. The van der Waals surface area contributed by atoms with Gasteiger partial charge in [0.15, 0.2) is 5.78 Å². The Bertz CT molecular complexity index is 441. The molecule has 1 spiro atoms. The lowest BCUT2D eigenvalue weighted by atomic mass is 9.79. The first kappa shape index (κ1) is 13.1. The van der Waals surface area contributed by atoms with Crippen molar-refractivity contribution in [2.75, 3.05) is 18.1 Å². The van der Waals surface area contributed by atoms with Gasteiger partial charge < -0.3 is 4.74 Å². The van der Waals surface area contributed by atoms with E-state index in [-0.39, 0.29) is 17.3 Å². The van der Waals surface area contributed by atoms with E-state index >= 15 is 0 Å². The second-order valence-electron chi connectivity index (χ2n) is 5.29. The molecule has 0 amide bonds. The average Bonchev–Trinajstić information content (AvgIpc) is 2.48. The first-order chi connectivity index (χ1) is 9.29. The molecule has 2 aliphatic rings. The summed E-state index contributed by atoms with van der Waals surface area (Å²) in [6.45, 7) is 0.696. The van der Waals surface area contributed by atoms with E-state index in [9.17, 15) is 4.79 Å². The van der Waals surface area contributed by atoms with E-state index in [1.165, 1.54) is 0 Å². The van der Waals surface area contributed by atoms with Gasteiger partial charge in [-0.2, -0.15) is 11.8 Å². The molecule has 1 atom stereocenters. The molecule has 1 aromatic heterocycles. The summed E-state index contributed by atoms with van der Waals surface area (Å²) in [6.07, 6.45) is 8.55. The summed E-state index contributed by atoms with van der Waals surface area (Å²) in [5.74, 6) is 2.47. The highest BCUT2D eigenvalue weighted by atomic mass is 32.2. The SMILES string of the molecule is O=C(c1cnccn1)C1CCOC2(CCSCC2)C1. The summed E-state index contributed by atoms with van der Waals surface area (Å²) in [4.78, 5) is 20.6. The van der Waals surface area contributed by atoms with Crippen molar-refractivity contribution < 1.29 is 9.53 Å². The summed E-state index contributed by atoms with van der Waals surface area (Å²) >= 11 is 1.98. The molecular formula is C14H18N2O2S. The molecule has 0 saturated carbocycles. The first-order valence-electron chi connectivity index (χ1n) is 6.81. The highest BCUT2D eigenvalue weighted by molar-refractivity contribution is 7.99. The lowest BCUT2D eigenvalue weighted by Gasteiger charge is -2.42. The Morgan fingerprint density at radius 2 is 2.21 bits per heavy atom. The Morgan fingerprint density at radius 1 is 1.37 bits per heavy atom. The van der Waals surface area contributed by atoms with Gasteiger partial charge in [0.25, 0.3) is 0 Å². The van der Waals surface area contributed by atoms with Crippen LogP contribution in [0.5, 0.6) is 0 Å². The van der Waals surface area contributed by atoms with Crippen LogP contribution in [0.1, 0.15) is 36.2 Å². The maximum absolute atomic E-state index is 12.5. The molecule has 0 bridgehead atoms. The van der Waals surface area contributed by atoms with Crippen molar-refractivity contribution in [3.63, 3.8) is 0 Å². The molecule has 1 aromatic rings. The third-order valence-electron chi connectivity index (χ3n) is 4.08. The summed E-state index contributed by atoms with van der Waals surface area (Å²) in [6, 6.07) is 0. The summed E-state index contributed by atoms with van der Waals surface area (Å²) in [5, 5.41) is 0. The third kappa shape index (κ3) is 2.82. The number of carbonyl (C=O) groups excluding carboxylic acids is 1. The molecule has 3 heterocycles. The molecule has 0 N–H and O–H groups in total. The fraction of sp³-hybridized carbons (Fsp3) is 0.643. The van der Waals surface area contributed by atoms with E-state index in [1.54, 1.807) is 18.6 Å². The number of thioether (sulfide) groups is 1. The predicted octanol–water partition coefficient (Wildman–Crippen LogP) is 2.35. The van der Waals surface area contributed by atoms with E-state index in [0.29, 0.717) is 12.3 Å². The quantitative estimate of drug-likeness (QED) is 0.777. The van der Waals surface area contributed by atoms with Crippen LogP contribution in [0.25, 0.3) is 0 Å². The smallest absolute Gasteiger partial charge is 0.186 e. The third-order valence-corrected chi connectivity index (χ3v) is 5.07. The molecule has 5 heteroatoms. The number of rotatable bonds is 2. The van der Waals surface area contributed by atoms with Crippen molar-refractivity contribution in [1.29, 1.82) is 0 Å². The number of ketones is 1. The zero-order chi connectivity index (χ0) is 13.1.